The van der Waals surface area contributed by atoms with E-state index < -0.39 is 0 Å². The van der Waals surface area contributed by atoms with Gasteiger partial charge in [-0.2, -0.15) is 4.98 Å². The van der Waals surface area contributed by atoms with Gasteiger partial charge < -0.3 is 10.3 Å². The average molecular weight is 275 g/mol. The minimum Gasteiger partial charge on any atom is -0.338 e. The van der Waals surface area contributed by atoms with Gasteiger partial charge in [0, 0.05) is 6.04 Å². The van der Waals surface area contributed by atoms with E-state index in [9.17, 15) is 0 Å². The quantitative estimate of drug-likeness (QED) is 0.913. The fraction of sp³-hybridized carbons (Fsp3) is 0.833. The smallest absolute Gasteiger partial charge is 0.240 e. The topological polar surface area (TPSA) is 68.2 Å². The van der Waals surface area contributed by atoms with Gasteiger partial charge in [0.2, 0.25) is 5.89 Å². The second kappa shape index (κ2) is 5.99. The third-order valence-electron chi connectivity index (χ3n) is 3.39. The number of halogens is 1. The summed E-state index contributed by atoms with van der Waals surface area (Å²) in [7, 11) is 0. The third kappa shape index (κ3) is 3.43. The molecule has 1 aliphatic rings. The Kier molecular flexibility index (Phi) is 5.13. The summed E-state index contributed by atoms with van der Waals surface area (Å²) in [4.78, 5) is 6.71. The number of aromatic nitrogens is 2. The molecule has 1 aromatic heterocycles. The Bertz CT molecular complexity index is 374. The molecular weight excluding hydrogens is 252 g/mol. The van der Waals surface area contributed by atoms with Crippen molar-refractivity contribution in [3.8, 4) is 0 Å². The normalized spacial score (nSPS) is 21.0. The van der Waals surface area contributed by atoms with Crippen molar-refractivity contribution in [2.45, 2.75) is 52.7 Å². The number of likely N-dealkylation sites (tertiary alicyclic amines) is 1. The lowest BCUT2D eigenvalue weighted by atomic mass is 9.85. The fourth-order valence-electron chi connectivity index (χ4n) is 2.62. The van der Waals surface area contributed by atoms with E-state index in [0.717, 1.165) is 18.9 Å². The summed E-state index contributed by atoms with van der Waals surface area (Å²) in [5.41, 5.74) is 5.76. The van der Waals surface area contributed by atoms with Gasteiger partial charge in [0.05, 0.1) is 13.1 Å². The first-order chi connectivity index (χ1) is 8.00. The first kappa shape index (κ1) is 15.4. The summed E-state index contributed by atoms with van der Waals surface area (Å²) in [6.45, 7) is 9.07. The molecule has 0 bridgehead atoms. The van der Waals surface area contributed by atoms with Crippen LogP contribution in [0.15, 0.2) is 4.52 Å². The summed E-state index contributed by atoms with van der Waals surface area (Å²) in [6.07, 6.45) is 2.51. The van der Waals surface area contributed by atoms with Gasteiger partial charge in [-0.3, -0.25) is 4.90 Å². The van der Waals surface area contributed by atoms with Crippen LogP contribution in [0.25, 0.3) is 0 Å². The molecule has 5 nitrogen and oxygen atoms in total. The van der Waals surface area contributed by atoms with Crippen LogP contribution in [0.2, 0.25) is 0 Å². The maximum absolute atomic E-state index is 5.46. The van der Waals surface area contributed by atoms with E-state index in [4.69, 9.17) is 10.3 Å². The number of nitrogens with zero attached hydrogens (tertiary/aromatic N) is 3. The Morgan fingerprint density at radius 3 is 2.72 bits per heavy atom. The van der Waals surface area contributed by atoms with E-state index in [0.29, 0.717) is 23.9 Å². The Morgan fingerprint density at radius 1 is 1.44 bits per heavy atom. The highest BCUT2D eigenvalue weighted by molar-refractivity contribution is 5.85. The Morgan fingerprint density at radius 2 is 2.17 bits per heavy atom. The predicted octanol–water partition coefficient (Wildman–Crippen LogP) is 1.96. The highest BCUT2D eigenvalue weighted by atomic mass is 35.5. The molecule has 1 saturated heterocycles. The van der Waals surface area contributed by atoms with Gasteiger partial charge in [-0.15, -0.1) is 12.4 Å². The summed E-state index contributed by atoms with van der Waals surface area (Å²) in [6, 6.07) is 0.599. The predicted molar refractivity (Wildman–Crippen MR) is 72.3 cm³/mol. The zero-order valence-corrected chi connectivity index (χ0v) is 12.2. The van der Waals surface area contributed by atoms with E-state index in [2.05, 4.69) is 35.8 Å². The van der Waals surface area contributed by atoms with Crippen LogP contribution in [-0.2, 0) is 13.1 Å². The molecule has 2 rings (SSSR count). The van der Waals surface area contributed by atoms with Crippen molar-refractivity contribution in [1.82, 2.24) is 15.0 Å². The Labute approximate surface area is 115 Å². The van der Waals surface area contributed by atoms with Crippen LogP contribution in [0.5, 0.6) is 0 Å². The largest absolute Gasteiger partial charge is 0.338 e. The van der Waals surface area contributed by atoms with Crippen LogP contribution >= 0.6 is 12.4 Å². The van der Waals surface area contributed by atoms with Gasteiger partial charge >= 0.3 is 0 Å². The minimum atomic E-state index is 0. The molecule has 2 N–H and O–H groups in total. The van der Waals surface area contributed by atoms with Crippen molar-refractivity contribution in [2.24, 2.45) is 11.1 Å². The van der Waals surface area contributed by atoms with Crippen molar-refractivity contribution in [3.63, 3.8) is 0 Å². The van der Waals surface area contributed by atoms with Crippen molar-refractivity contribution in [1.29, 1.82) is 0 Å². The van der Waals surface area contributed by atoms with Gasteiger partial charge in [-0.25, -0.2) is 0 Å². The lowest BCUT2D eigenvalue weighted by molar-refractivity contribution is 0.130. The van der Waals surface area contributed by atoms with E-state index in [1.165, 1.54) is 12.8 Å². The van der Waals surface area contributed by atoms with E-state index in [-0.39, 0.29) is 12.4 Å². The minimum absolute atomic E-state index is 0. The number of rotatable bonds is 3. The molecule has 0 aromatic carbocycles. The van der Waals surface area contributed by atoms with Crippen LogP contribution in [-0.4, -0.2) is 27.6 Å². The molecule has 0 spiro atoms. The summed E-state index contributed by atoms with van der Waals surface area (Å²) >= 11 is 0. The van der Waals surface area contributed by atoms with E-state index in [1.54, 1.807) is 0 Å². The van der Waals surface area contributed by atoms with E-state index >= 15 is 0 Å². The zero-order valence-electron chi connectivity index (χ0n) is 11.3. The first-order valence-corrected chi connectivity index (χ1v) is 6.26. The second-order valence-electron chi connectivity index (χ2n) is 5.80. The summed E-state index contributed by atoms with van der Waals surface area (Å²) < 4.78 is 5.03. The first-order valence-electron chi connectivity index (χ1n) is 6.26. The van der Waals surface area contributed by atoms with Crippen molar-refractivity contribution in [2.75, 3.05) is 6.54 Å². The summed E-state index contributed by atoms with van der Waals surface area (Å²) in [5, 5.41) is 3.96. The molecule has 6 heteroatoms. The van der Waals surface area contributed by atoms with Crippen LogP contribution < -0.4 is 5.73 Å². The average Bonchev–Trinajstić information content (AvgIpc) is 2.85. The maximum atomic E-state index is 5.46. The standard InChI is InChI=1S/C12H22N4O.ClH/c1-12(2,3)9-5-4-6-16(9)8-10-14-11(7-13)17-15-10;/h9H,4-8,13H2,1-3H3;1H. The lowest BCUT2D eigenvalue weighted by Crippen LogP contribution is -2.39. The second-order valence-corrected chi connectivity index (χ2v) is 5.80. The van der Waals surface area contributed by atoms with Crippen molar-refractivity contribution >= 4 is 12.4 Å². The van der Waals surface area contributed by atoms with Gasteiger partial charge in [0.1, 0.15) is 0 Å². The highest BCUT2D eigenvalue weighted by Crippen LogP contribution is 2.33. The maximum Gasteiger partial charge on any atom is 0.240 e. The number of hydrogen-bond donors (Lipinski definition) is 1. The molecule has 18 heavy (non-hydrogen) atoms. The monoisotopic (exact) mass is 274 g/mol. The SMILES string of the molecule is CC(C)(C)C1CCCN1Cc1noc(CN)n1.Cl. The highest BCUT2D eigenvalue weighted by Gasteiger charge is 2.34. The van der Waals surface area contributed by atoms with Crippen LogP contribution in [0.1, 0.15) is 45.3 Å². The molecule has 1 atom stereocenters. The van der Waals surface area contributed by atoms with Crippen LogP contribution in [0.3, 0.4) is 0 Å². The Hall–Kier alpha value is -0.650. The fourth-order valence-corrected chi connectivity index (χ4v) is 2.62. The molecular formula is C12H23ClN4O. The molecule has 1 fully saturated rings. The van der Waals surface area contributed by atoms with Crippen molar-refractivity contribution < 1.29 is 4.52 Å². The molecule has 0 aliphatic carbocycles. The molecule has 104 valence electrons. The van der Waals surface area contributed by atoms with E-state index in [1.807, 2.05) is 0 Å². The molecule has 0 radical (unpaired) electrons. The lowest BCUT2D eigenvalue weighted by Gasteiger charge is -2.34. The molecule has 0 amide bonds. The molecule has 0 saturated carbocycles. The van der Waals surface area contributed by atoms with Gasteiger partial charge in [0.15, 0.2) is 5.82 Å². The van der Waals surface area contributed by atoms with Gasteiger partial charge in [-0.1, -0.05) is 25.9 Å². The third-order valence-corrected chi connectivity index (χ3v) is 3.39. The molecule has 1 aromatic rings. The molecule has 1 aliphatic heterocycles. The molecule has 1 unspecified atom stereocenters. The van der Waals surface area contributed by atoms with Gasteiger partial charge in [-0.05, 0) is 24.8 Å². The van der Waals surface area contributed by atoms with Crippen LogP contribution in [0.4, 0.5) is 0 Å². The number of hydrogen-bond acceptors (Lipinski definition) is 5. The number of nitrogens with two attached hydrogens (primary N) is 1. The van der Waals surface area contributed by atoms with Crippen molar-refractivity contribution in [3.05, 3.63) is 11.7 Å². The summed E-state index contributed by atoms with van der Waals surface area (Å²) in [5.74, 6) is 1.27. The van der Waals surface area contributed by atoms with Crippen LogP contribution in [0, 0.1) is 5.41 Å². The van der Waals surface area contributed by atoms with Gasteiger partial charge in [0.25, 0.3) is 0 Å². The zero-order chi connectivity index (χ0) is 12.5. The Balaban J connectivity index is 0.00000162. The molecule has 2 heterocycles.